The topological polar surface area (TPSA) is 82.9 Å². The Morgan fingerprint density at radius 3 is 3.05 bits per heavy atom. The van der Waals surface area contributed by atoms with Crippen LogP contribution in [0.4, 0.5) is 0 Å². The van der Waals surface area contributed by atoms with Crippen molar-refractivity contribution in [2.45, 2.75) is 38.5 Å². The first kappa shape index (κ1) is 13.3. The number of nitrogens with one attached hydrogen (secondary N) is 1. The summed E-state index contributed by atoms with van der Waals surface area (Å²) < 4.78 is 2.02. The van der Waals surface area contributed by atoms with Crippen LogP contribution >= 0.6 is 0 Å². The first-order valence-electron chi connectivity index (χ1n) is 6.92. The Labute approximate surface area is 117 Å². The molecule has 0 amide bonds. The SMILES string of the molecule is CC(C)n1nccc1CN1CC[C@@](O)(c2cn[nH]n2)C1. The van der Waals surface area contributed by atoms with Crippen molar-refractivity contribution in [2.75, 3.05) is 13.1 Å². The maximum atomic E-state index is 10.6. The number of likely N-dealkylation sites (tertiary alicyclic amines) is 1. The van der Waals surface area contributed by atoms with Gasteiger partial charge in [-0.15, -0.1) is 0 Å². The minimum absolute atomic E-state index is 0.344. The molecule has 0 radical (unpaired) electrons. The molecule has 3 heterocycles. The van der Waals surface area contributed by atoms with Gasteiger partial charge < -0.3 is 5.11 Å². The van der Waals surface area contributed by atoms with Gasteiger partial charge in [-0.1, -0.05) is 0 Å². The average Bonchev–Trinajstić information content (AvgIpc) is 3.10. The van der Waals surface area contributed by atoms with Gasteiger partial charge in [0.2, 0.25) is 0 Å². The van der Waals surface area contributed by atoms with Crippen molar-refractivity contribution in [3.05, 3.63) is 29.8 Å². The van der Waals surface area contributed by atoms with Gasteiger partial charge in [-0.3, -0.25) is 9.58 Å². The number of aliphatic hydroxyl groups is 1. The van der Waals surface area contributed by atoms with E-state index >= 15 is 0 Å². The van der Waals surface area contributed by atoms with Crippen LogP contribution in [-0.2, 0) is 12.1 Å². The molecule has 2 aromatic rings. The number of β-amino-alcohol motifs (C(OH)–C–C–N with tert-alkyl or cyclic N) is 1. The Morgan fingerprint density at radius 1 is 1.50 bits per heavy atom. The standard InChI is InChI=1S/C13H20N6O/c1-10(2)19-11(3-5-15-19)8-18-6-4-13(20,9-18)12-7-14-17-16-12/h3,5,7,10,20H,4,6,8-9H2,1-2H3,(H,14,16,17)/t13-/m0/s1. The number of nitrogens with zero attached hydrogens (tertiary/aromatic N) is 5. The van der Waals surface area contributed by atoms with E-state index < -0.39 is 5.60 Å². The Bertz CT molecular complexity index is 563. The third-order valence-electron chi connectivity index (χ3n) is 3.85. The van der Waals surface area contributed by atoms with E-state index in [1.807, 2.05) is 16.9 Å². The zero-order valence-electron chi connectivity index (χ0n) is 11.8. The maximum absolute atomic E-state index is 10.6. The molecule has 1 fully saturated rings. The van der Waals surface area contributed by atoms with Crippen LogP contribution in [0.1, 0.15) is 37.7 Å². The second-order valence-corrected chi connectivity index (χ2v) is 5.71. The summed E-state index contributed by atoms with van der Waals surface area (Å²) in [5, 5.41) is 25.3. The fourth-order valence-electron chi connectivity index (χ4n) is 2.80. The lowest BCUT2D eigenvalue weighted by atomic mass is 10.0. The van der Waals surface area contributed by atoms with Gasteiger partial charge in [0, 0.05) is 31.9 Å². The fraction of sp³-hybridized carbons (Fsp3) is 0.615. The summed E-state index contributed by atoms with van der Waals surface area (Å²) in [6.45, 7) is 6.44. The number of hydrogen-bond acceptors (Lipinski definition) is 5. The van der Waals surface area contributed by atoms with E-state index in [1.165, 1.54) is 5.69 Å². The number of hydrogen-bond donors (Lipinski definition) is 2. The molecule has 0 aliphatic carbocycles. The molecule has 0 aromatic carbocycles. The number of H-pyrrole nitrogens is 1. The van der Waals surface area contributed by atoms with Crippen molar-refractivity contribution < 1.29 is 5.11 Å². The van der Waals surface area contributed by atoms with Crippen LogP contribution in [0, 0.1) is 0 Å². The third kappa shape index (κ3) is 2.34. The highest BCUT2D eigenvalue weighted by atomic mass is 16.3. The predicted molar refractivity (Wildman–Crippen MR) is 72.8 cm³/mol. The molecule has 7 nitrogen and oxygen atoms in total. The predicted octanol–water partition coefficient (Wildman–Crippen LogP) is 0.676. The quantitative estimate of drug-likeness (QED) is 0.858. The number of aromatic nitrogens is 5. The van der Waals surface area contributed by atoms with Crippen molar-refractivity contribution in [1.29, 1.82) is 0 Å². The van der Waals surface area contributed by atoms with Crippen LogP contribution in [0.15, 0.2) is 18.5 Å². The molecule has 0 bridgehead atoms. The lowest BCUT2D eigenvalue weighted by molar-refractivity contribution is 0.0405. The molecule has 2 aromatic heterocycles. The first-order valence-corrected chi connectivity index (χ1v) is 6.92. The van der Waals surface area contributed by atoms with Gasteiger partial charge in [0.05, 0.1) is 11.9 Å². The van der Waals surface area contributed by atoms with Crippen LogP contribution in [0.3, 0.4) is 0 Å². The summed E-state index contributed by atoms with van der Waals surface area (Å²) in [6, 6.07) is 2.38. The molecule has 20 heavy (non-hydrogen) atoms. The minimum Gasteiger partial charge on any atom is -0.382 e. The van der Waals surface area contributed by atoms with Crippen molar-refractivity contribution in [1.82, 2.24) is 30.1 Å². The van der Waals surface area contributed by atoms with E-state index in [9.17, 15) is 5.11 Å². The molecule has 1 aliphatic rings. The second-order valence-electron chi connectivity index (χ2n) is 5.71. The molecule has 1 atom stereocenters. The molecule has 0 saturated carbocycles. The van der Waals surface area contributed by atoms with E-state index in [1.54, 1.807) is 6.20 Å². The monoisotopic (exact) mass is 276 g/mol. The molecular formula is C13H20N6O. The van der Waals surface area contributed by atoms with Gasteiger partial charge in [-0.25, -0.2) is 0 Å². The van der Waals surface area contributed by atoms with Gasteiger partial charge >= 0.3 is 0 Å². The van der Waals surface area contributed by atoms with E-state index in [0.29, 0.717) is 24.7 Å². The first-order chi connectivity index (χ1) is 9.58. The Balaban J connectivity index is 1.70. The van der Waals surface area contributed by atoms with Crippen LogP contribution in [0.5, 0.6) is 0 Å². The van der Waals surface area contributed by atoms with Crippen molar-refractivity contribution in [2.24, 2.45) is 0 Å². The van der Waals surface area contributed by atoms with Gasteiger partial charge in [-0.2, -0.15) is 20.5 Å². The molecule has 2 N–H and O–H groups in total. The largest absolute Gasteiger partial charge is 0.382 e. The summed E-state index contributed by atoms with van der Waals surface area (Å²) in [6.07, 6.45) is 4.10. The van der Waals surface area contributed by atoms with Gasteiger partial charge in [0.1, 0.15) is 11.3 Å². The van der Waals surface area contributed by atoms with Crippen molar-refractivity contribution >= 4 is 0 Å². The number of rotatable bonds is 4. The Hall–Kier alpha value is -1.73. The lowest BCUT2D eigenvalue weighted by Gasteiger charge is -2.21. The summed E-state index contributed by atoms with van der Waals surface area (Å²) in [5.41, 5.74) is 0.900. The average molecular weight is 276 g/mol. The summed E-state index contributed by atoms with van der Waals surface area (Å²) in [7, 11) is 0. The van der Waals surface area contributed by atoms with Crippen molar-refractivity contribution in [3.8, 4) is 0 Å². The van der Waals surface area contributed by atoms with Crippen LogP contribution < -0.4 is 0 Å². The second kappa shape index (κ2) is 4.99. The summed E-state index contributed by atoms with van der Waals surface area (Å²) in [4.78, 5) is 2.23. The molecule has 0 spiro atoms. The van der Waals surface area contributed by atoms with E-state index in [-0.39, 0.29) is 0 Å². The highest BCUT2D eigenvalue weighted by Crippen LogP contribution is 2.31. The minimum atomic E-state index is -0.893. The summed E-state index contributed by atoms with van der Waals surface area (Å²) >= 11 is 0. The van der Waals surface area contributed by atoms with E-state index in [0.717, 1.165) is 13.1 Å². The van der Waals surface area contributed by atoms with Gasteiger partial charge in [0.15, 0.2) is 0 Å². The zero-order chi connectivity index (χ0) is 14.2. The Morgan fingerprint density at radius 2 is 2.35 bits per heavy atom. The lowest BCUT2D eigenvalue weighted by Crippen LogP contribution is -2.31. The maximum Gasteiger partial charge on any atom is 0.124 e. The molecular weight excluding hydrogens is 256 g/mol. The van der Waals surface area contributed by atoms with Crippen molar-refractivity contribution in [3.63, 3.8) is 0 Å². The van der Waals surface area contributed by atoms with E-state index in [4.69, 9.17) is 0 Å². The molecule has 108 valence electrons. The Kier molecular flexibility index (Phi) is 3.31. The highest BCUT2D eigenvalue weighted by Gasteiger charge is 2.39. The summed E-state index contributed by atoms with van der Waals surface area (Å²) in [5.74, 6) is 0. The van der Waals surface area contributed by atoms with Crippen LogP contribution in [-0.4, -0.2) is 48.3 Å². The zero-order valence-corrected chi connectivity index (χ0v) is 11.8. The molecule has 7 heteroatoms. The van der Waals surface area contributed by atoms with Crippen LogP contribution in [0.2, 0.25) is 0 Å². The van der Waals surface area contributed by atoms with Crippen LogP contribution in [0.25, 0.3) is 0 Å². The number of aromatic amines is 1. The fourth-order valence-corrected chi connectivity index (χ4v) is 2.80. The molecule has 0 unspecified atom stereocenters. The van der Waals surface area contributed by atoms with E-state index in [2.05, 4.69) is 39.3 Å². The molecule has 1 aliphatic heterocycles. The highest BCUT2D eigenvalue weighted by molar-refractivity contribution is 5.11. The van der Waals surface area contributed by atoms with Gasteiger partial charge in [0.25, 0.3) is 0 Å². The molecule has 1 saturated heterocycles. The third-order valence-corrected chi connectivity index (χ3v) is 3.85. The smallest absolute Gasteiger partial charge is 0.124 e. The molecule has 3 rings (SSSR count). The van der Waals surface area contributed by atoms with Gasteiger partial charge in [-0.05, 0) is 26.3 Å². The normalized spacial score (nSPS) is 23.8.